The smallest absolute Gasteiger partial charge is 0.280 e. The lowest BCUT2D eigenvalue weighted by molar-refractivity contribution is 0.601. The molecule has 0 fully saturated rings. The molecule has 3 rings (SSSR count). The van der Waals surface area contributed by atoms with Crippen molar-refractivity contribution in [3.05, 3.63) is 75.7 Å². The van der Waals surface area contributed by atoms with Gasteiger partial charge in [0.25, 0.3) is 0 Å². The molecule has 0 saturated carbocycles. The number of aromatic nitrogens is 4. The lowest BCUT2D eigenvalue weighted by Gasteiger charge is -2.06. The van der Waals surface area contributed by atoms with Crippen LogP contribution < -0.4 is 11.2 Å². The van der Waals surface area contributed by atoms with Crippen molar-refractivity contribution in [2.45, 2.75) is 26.3 Å². The van der Waals surface area contributed by atoms with Gasteiger partial charge in [-0.15, -0.1) is 11.7 Å². The van der Waals surface area contributed by atoms with E-state index in [4.69, 9.17) is 0 Å². The Hall–Kier alpha value is -2.89. The van der Waals surface area contributed by atoms with E-state index >= 15 is 0 Å². The Morgan fingerprint density at radius 3 is 2.83 bits per heavy atom. The molecule has 0 N–H and O–H groups in total. The molecular weight excluding hydrogens is 292 g/mol. The van der Waals surface area contributed by atoms with Crippen LogP contribution in [0.2, 0.25) is 0 Å². The van der Waals surface area contributed by atoms with E-state index < -0.39 is 0 Å². The number of rotatable bonds is 5. The molecule has 0 aliphatic rings. The maximum Gasteiger partial charge on any atom is 0.350 e. The van der Waals surface area contributed by atoms with Gasteiger partial charge in [-0.3, -0.25) is 9.36 Å². The molecule has 0 aliphatic carbocycles. The predicted molar refractivity (Wildman–Crippen MR) is 89.2 cm³/mol. The summed E-state index contributed by atoms with van der Waals surface area (Å²) in [7, 11) is 0. The number of hydrogen-bond donors (Lipinski definition) is 0. The van der Waals surface area contributed by atoms with Crippen molar-refractivity contribution < 1.29 is 0 Å². The van der Waals surface area contributed by atoms with Gasteiger partial charge in [0, 0.05) is 24.6 Å². The average molecular weight is 310 g/mol. The molecule has 2 heterocycles. The van der Waals surface area contributed by atoms with Gasteiger partial charge in [-0.1, -0.05) is 25.1 Å². The van der Waals surface area contributed by atoms with Gasteiger partial charge in [0.2, 0.25) is 5.65 Å². The number of fused-ring (bicyclic) bond motifs is 1. The van der Waals surface area contributed by atoms with E-state index in [2.05, 4.69) is 18.6 Å². The Labute approximate surface area is 132 Å². The van der Waals surface area contributed by atoms with E-state index in [1.165, 1.54) is 13.6 Å². The highest BCUT2D eigenvalue weighted by Gasteiger charge is 2.12. The highest BCUT2D eigenvalue weighted by molar-refractivity contribution is 5.41. The summed E-state index contributed by atoms with van der Waals surface area (Å²) in [6, 6.07) is 7.76. The van der Waals surface area contributed by atoms with E-state index in [0.29, 0.717) is 13.0 Å². The van der Waals surface area contributed by atoms with E-state index in [1.807, 2.05) is 24.3 Å². The molecule has 23 heavy (non-hydrogen) atoms. The van der Waals surface area contributed by atoms with E-state index in [1.54, 1.807) is 18.5 Å². The number of nitrogens with zero attached hydrogens (tertiary/aromatic N) is 4. The fourth-order valence-electron chi connectivity index (χ4n) is 2.50. The van der Waals surface area contributed by atoms with Crippen molar-refractivity contribution in [1.29, 1.82) is 0 Å². The van der Waals surface area contributed by atoms with Crippen molar-refractivity contribution in [3.8, 4) is 5.69 Å². The third kappa shape index (κ3) is 2.63. The summed E-state index contributed by atoms with van der Waals surface area (Å²) >= 11 is 0. The molecule has 0 atom stereocenters. The van der Waals surface area contributed by atoms with Crippen LogP contribution in [0.25, 0.3) is 11.3 Å². The zero-order valence-corrected chi connectivity index (χ0v) is 13.0. The largest absolute Gasteiger partial charge is 0.350 e. The topological polar surface area (TPSA) is 61.3 Å². The fraction of sp³-hybridized carbons (Fsp3) is 0.235. The molecule has 0 spiro atoms. The summed E-state index contributed by atoms with van der Waals surface area (Å²) in [5, 5.41) is 4.16. The summed E-state index contributed by atoms with van der Waals surface area (Å²) in [4.78, 5) is 24.9. The van der Waals surface area contributed by atoms with Crippen LogP contribution in [-0.4, -0.2) is 18.7 Å². The average Bonchev–Trinajstić information content (AvgIpc) is 2.90. The highest BCUT2D eigenvalue weighted by Crippen LogP contribution is 2.09. The SMILES string of the molecule is C=CCCn1nc2c(=O)n(-c3cccc(CC)c3)ccn2c1=O. The molecule has 6 heteroatoms. The molecule has 0 radical (unpaired) electrons. The van der Waals surface area contributed by atoms with Crippen LogP contribution >= 0.6 is 0 Å². The Balaban J connectivity index is 2.17. The quantitative estimate of drug-likeness (QED) is 0.675. The van der Waals surface area contributed by atoms with Crippen LogP contribution in [0.3, 0.4) is 0 Å². The zero-order valence-electron chi connectivity index (χ0n) is 13.0. The molecule has 6 nitrogen and oxygen atoms in total. The number of benzene rings is 1. The van der Waals surface area contributed by atoms with Gasteiger partial charge < -0.3 is 0 Å². The monoisotopic (exact) mass is 310 g/mol. The van der Waals surface area contributed by atoms with Crippen molar-refractivity contribution in [2.75, 3.05) is 0 Å². The molecule has 0 aliphatic heterocycles. The molecule has 2 aromatic heterocycles. The maximum atomic E-state index is 12.7. The minimum Gasteiger partial charge on any atom is -0.280 e. The summed E-state index contributed by atoms with van der Waals surface area (Å²) in [5.74, 6) is 0. The second-order valence-corrected chi connectivity index (χ2v) is 5.27. The first-order valence-corrected chi connectivity index (χ1v) is 7.56. The predicted octanol–water partition coefficient (Wildman–Crippen LogP) is 1.79. The summed E-state index contributed by atoms with van der Waals surface area (Å²) in [6.45, 7) is 6.10. The molecule has 0 unspecified atom stereocenters. The summed E-state index contributed by atoms with van der Waals surface area (Å²) in [5.41, 5.74) is 1.42. The minimum atomic E-state index is -0.312. The first-order chi connectivity index (χ1) is 11.2. The molecule has 3 aromatic rings. The van der Waals surface area contributed by atoms with E-state index in [-0.39, 0.29) is 16.9 Å². The van der Waals surface area contributed by atoms with Crippen LogP contribution in [0.15, 0.2) is 58.9 Å². The summed E-state index contributed by atoms with van der Waals surface area (Å²) in [6.07, 6.45) is 6.40. The number of hydrogen-bond acceptors (Lipinski definition) is 3. The lowest BCUT2D eigenvalue weighted by atomic mass is 10.1. The second kappa shape index (κ2) is 6.08. The second-order valence-electron chi connectivity index (χ2n) is 5.27. The molecule has 1 aromatic carbocycles. The van der Waals surface area contributed by atoms with Gasteiger partial charge in [-0.25, -0.2) is 13.9 Å². The van der Waals surface area contributed by atoms with Crippen LogP contribution in [0, 0.1) is 0 Å². The molecule has 0 saturated heterocycles. The Bertz CT molecular complexity index is 978. The lowest BCUT2D eigenvalue weighted by Crippen LogP contribution is -2.24. The number of allylic oxidation sites excluding steroid dienone is 1. The zero-order chi connectivity index (χ0) is 16.4. The Morgan fingerprint density at radius 2 is 2.09 bits per heavy atom. The Kier molecular flexibility index (Phi) is 3.97. The normalized spacial score (nSPS) is 11.0. The van der Waals surface area contributed by atoms with Crippen molar-refractivity contribution in [3.63, 3.8) is 0 Å². The van der Waals surface area contributed by atoms with Crippen molar-refractivity contribution in [2.24, 2.45) is 0 Å². The van der Waals surface area contributed by atoms with Crippen LogP contribution in [0.4, 0.5) is 0 Å². The van der Waals surface area contributed by atoms with E-state index in [9.17, 15) is 9.59 Å². The molecule has 0 amide bonds. The number of aryl methyl sites for hydroxylation is 2. The Morgan fingerprint density at radius 1 is 1.26 bits per heavy atom. The van der Waals surface area contributed by atoms with Crippen molar-refractivity contribution in [1.82, 2.24) is 18.7 Å². The van der Waals surface area contributed by atoms with Gasteiger partial charge in [-0.2, -0.15) is 0 Å². The molecular formula is C17H18N4O2. The molecule has 0 bridgehead atoms. The van der Waals surface area contributed by atoms with E-state index in [0.717, 1.165) is 17.7 Å². The standard InChI is InChI=1S/C17H18N4O2/c1-3-5-9-21-17(23)20-11-10-19(16(22)15(20)18-21)14-8-6-7-13(4-2)12-14/h3,6-8,10-12H,1,4-5,9H2,2H3. The minimum absolute atomic E-state index is 0.128. The highest BCUT2D eigenvalue weighted by atomic mass is 16.2. The summed E-state index contributed by atoms with van der Waals surface area (Å²) < 4.78 is 4.09. The maximum absolute atomic E-state index is 12.7. The van der Waals surface area contributed by atoms with Crippen LogP contribution in [0.5, 0.6) is 0 Å². The van der Waals surface area contributed by atoms with Gasteiger partial charge in [0.1, 0.15) is 0 Å². The van der Waals surface area contributed by atoms with Crippen LogP contribution in [-0.2, 0) is 13.0 Å². The van der Waals surface area contributed by atoms with Crippen LogP contribution in [0.1, 0.15) is 18.9 Å². The van der Waals surface area contributed by atoms with Gasteiger partial charge in [-0.05, 0) is 30.5 Å². The molecule has 118 valence electrons. The first kappa shape index (κ1) is 15.0. The van der Waals surface area contributed by atoms with Crippen molar-refractivity contribution >= 4 is 5.65 Å². The first-order valence-electron chi connectivity index (χ1n) is 7.56. The third-order valence-electron chi connectivity index (χ3n) is 3.79. The van der Waals surface area contributed by atoms with Gasteiger partial charge in [0.15, 0.2) is 0 Å². The van der Waals surface area contributed by atoms with Gasteiger partial charge >= 0.3 is 11.2 Å². The third-order valence-corrected chi connectivity index (χ3v) is 3.79. The van der Waals surface area contributed by atoms with Gasteiger partial charge in [0.05, 0.1) is 0 Å². The fourth-order valence-corrected chi connectivity index (χ4v) is 2.50.